The van der Waals surface area contributed by atoms with E-state index in [1.165, 1.54) is 23.7 Å². The highest BCUT2D eigenvalue weighted by molar-refractivity contribution is 6.04. The predicted molar refractivity (Wildman–Crippen MR) is 136 cm³/mol. The van der Waals surface area contributed by atoms with Crippen LogP contribution in [-0.4, -0.2) is 35.3 Å². The first-order valence-corrected chi connectivity index (χ1v) is 12.5. The molecule has 1 atom stereocenters. The van der Waals surface area contributed by atoms with Crippen molar-refractivity contribution in [3.63, 3.8) is 0 Å². The van der Waals surface area contributed by atoms with E-state index >= 15 is 0 Å². The summed E-state index contributed by atoms with van der Waals surface area (Å²) in [6.07, 6.45) is 10.6. The zero-order chi connectivity index (χ0) is 25.3. The van der Waals surface area contributed by atoms with Crippen LogP contribution in [0.3, 0.4) is 0 Å². The van der Waals surface area contributed by atoms with Crippen LogP contribution >= 0.6 is 0 Å². The minimum Gasteiger partial charge on any atom is -0.459 e. The van der Waals surface area contributed by atoms with Crippen LogP contribution in [0, 0.1) is 0 Å². The number of aromatic nitrogens is 1. The molecule has 1 aliphatic rings. The first-order chi connectivity index (χ1) is 17.6. The molecule has 4 rings (SSSR count). The van der Waals surface area contributed by atoms with Gasteiger partial charge in [0.05, 0.1) is 12.8 Å². The zero-order valence-electron chi connectivity index (χ0n) is 20.5. The molecule has 2 N–H and O–H groups in total. The second-order valence-corrected chi connectivity index (χ2v) is 8.98. The molecule has 2 heterocycles. The van der Waals surface area contributed by atoms with Gasteiger partial charge in [0.25, 0.3) is 5.91 Å². The summed E-state index contributed by atoms with van der Waals surface area (Å²) in [7, 11) is 0. The lowest BCUT2D eigenvalue weighted by Gasteiger charge is -2.33. The Hall–Kier alpha value is -3.94. The van der Waals surface area contributed by atoms with Gasteiger partial charge in [-0.3, -0.25) is 24.3 Å². The van der Waals surface area contributed by atoms with Crippen molar-refractivity contribution in [3.05, 3.63) is 84.1 Å². The van der Waals surface area contributed by atoms with Crippen molar-refractivity contribution >= 4 is 23.4 Å². The maximum Gasteiger partial charge on any atom is 0.287 e. The molecular weight excluding hydrogens is 456 g/mol. The van der Waals surface area contributed by atoms with Crippen LogP contribution in [0.2, 0.25) is 0 Å². The summed E-state index contributed by atoms with van der Waals surface area (Å²) in [6.45, 7) is 1.75. The molecule has 8 nitrogen and oxygen atoms in total. The minimum absolute atomic E-state index is 0.0727. The fourth-order valence-electron chi connectivity index (χ4n) is 4.55. The Morgan fingerprint density at radius 3 is 2.47 bits per heavy atom. The Balaban J connectivity index is 1.66. The molecule has 3 aromatic rings. The maximum atomic E-state index is 13.7. The molecule has 3 amide bonds. The van der Waals surface area contributed by atoms with Crippen molar-refractivity contribution in [3.8, 4) is 0 Å². The molecular formula is C28H32N4O4. The first kappa shape index (κ1) is 25.2. The fraction of sp³-hybridized carbons (Fsp3) is 0.357. The van der Waals surface area contributed by atoms with Crippen LogP contribution in [0.5, 0.6) is 0 Å². The Bertz CT molecular complexity index is 1140. The molecule has 0 spiro atoms. The van der Waals surface area contributed by atoms with Gasteiger partial charge in [-0.05, 0) is 55.2 Å². The number of amides is 3. The smallest absolute Gasteiger partial charge is 0.287 e. The van der Waals surface area contributed by atoms with Gasteiger partial charge >= 0.3 is 0 Å². The van der Waals surface area contributed by atoms with Gasteiger partial charge in [0.15, 0.2) is 5.76 Å². The highest BCUT2D eigenvalue weighted by Gasteiger charge is 2.34. The minimum atomic E-state index is -0.943. The van der Waals surface area contributed by atoms with E-state index in [9.17, 15) is 14.4 Å². The topological polar surface area (TPSA) is 105 Å². The number of carbonyl (C=O) groups excluding carboxylic acids is 3. The number of anilines is 1. The number of hydrogen-bond acceptors (Lipinski definition) is 5. The predicted octanol–water partition coefficient (Wildman–Crippen LogP) is 4.19. The van der Waals surface area contributed by atoms with Crippen molar-refractivity contribution in [1.82, 2.24) is 15.6 Å². The van der Waals surface area contributed by atoms with E-state index in [-0.39, 0.29) is 24.3 Å². The lowest BCUT2D eigenvalue weighted by molar-refractivity contribution is -0.127. The number of nitrogens with one attached hydrogen (secondary N) is 2. The third-order valence-corrected chi connectivity index (χ3v) is 6.49. The van der Waals surface area contributed by atoms with Gasteiger partial charge in [-0.15, -0.1) is 0 Å². The quantitative estimate of drug-likeness (QED) is 0.470. The van der Waals surface area contributed by atoms with E-state index in [4.69, 9.17) is 4.42 Å². The number of pyridine rings is 1. The van der Waals surface area contributed by atoms with Gasteiger partial charge in [-0.2, -0.15) is 0 Å². The molecule has 1 fully saturated rings. The van der Waals surface area contributed by atoms with Crippen LogP contribution in [0.4, 0.5) is 5.69 Å². The molecule has 2 aromatic heterocycles. The number of nitrogens with zero attached hydrogens (tertiary/aromatic N) is 2. The fourth-order valence-corrected chi connectivity index (χ4v) is 4.55. The number of carbonyl (C=O) groups is 3. The second kappa shape index (κ2) is 12.2. The average molecular weight is 489 g/mol. The SMILES string of the molecule is CCc1ccc(N(C(=O)CNC(=O)c2ccco2)[C@@H](C(=O)NC2CCCCC2)c2cccnc2)cc1. The highest BCUT2D eigenvalue weighted by Crippen LogP contribution is 2.29. The van der Waals surface area contributed by atoms with Crippen molar-refractivity contribution in [1.29, 1.82) is 0 Å². The van der Waals surface area contributed by atoms with E-state index in [2.05, 4.69) is 22.5 Å². The number of aryl methyl sites for hydroxylation is 1. The van der Waals surface area contributed by atoms with Crippen LogP contribution in [0.1, 0.15) is 66.8 Å². The summed E-state index contributed by atoms with van der Waals surface area (Å²) >= 11 is 0. The third-order valence-electron chi connectivity index (χ3n) is 6.49. The number of benzene rings is 1. The van der Waals surface area contributed by atoms with E-state index in [1.54, 1.807) is 30.6 Å². The monoisotopic (exact) mass is 488 g/mol. The summed E-state index contributed by atoms with van der Waals surface area (Å²) in [5.41, 5.74) is 2.27. The third kappa shape index (κ3) is 6.19. The van der Waals surface area contributed by atoms with Gasteiger partial charge in [0, 0.05) is 29.7 Å². The summed E-state index contributed by atoms with van der Waals surface area (Å²) < 4.78 is 5.13. The largest absolute Gasteiger partial charge is 0.459 e. The molecule has 0 radical (unpaired) electrons. The molecule has 0 bridgehead atoms. The van der Waals surface area contributed by atoms with E-state index < -0.39 is 17.9 Å². The highest BCUT2D eigenvalue weighted by atomic mass is 16.3. The molecule has 1 aromatic carbocycles. The molecule has 1 aliphatic carbocycles. The van der Waals surface area contributed by atoms with Crippen LogP contribution in [0.15, 0.2) is 71.6 Å². The zero-order valence-corrected chi connectivity index (χ0v) is 20.5. The van der Waals surface area contributed by atoms with E-state index in [1.807, 2.05) is 24.3 Å². The van der Waals surface area contributed by atoms with Crippen molar-refractivity contribution in [2.24, 2.45) is 0 Å². The molecule has 36 heavy (non-hydrogen) atoms. The first-order valence-electron chi connectivity index (χ1n) is 12.5. The van der Waals surface area contributed by atoms with E-state index in [0.29, 0.717) is 11.3 Å². The molecule has 0 aliphatic heterocycles. The van der Waals surface area contributed by atoms with Gasteiger partial charge in [-0.25, -0.2) is 0 Å². The maximum absolute atomic E-state index is 13.7. The van der Waals surface area contributed by atoms with E-state index in [0.717, 1.165) is 37.7 Å². The number of furan rings is 1. The molecule has 1 saturated carbocycles. The summed E-state index contributed by atoms with van der Waals surface area (Å²) in [5, 5.41) is 5.78. The van der Waals surface area contributed by atoms with Crippen molar-refractivity contribution in [2.45, 2.75) is 57.5 Å². The normalized spacial score (nSPS) is 14.6. The molecule has 0 unspecified atom stereocenters. The lowest BCUT2D eigenvalue weighted by atomic mass is 9.94. The standard InChI is InChI=1S/C28H32N4O4/c1-2-20-12-14-23(15-13-20)32(25(33)19-30-27(34)24-11-7-17-36-24)26(21-8-6-16-29-18-21)28(35)31-22-9-4-3-5-10-22/h6-8,11-18,22,26H,2-5,9-10,19H2,1H3,(H,30,34)(H,31,35)/t26-/m1/s1. The van der Waals surface area contributed by atoms with Crippen LogP contribution in [-0.2, 0) is 16.0 Å². The van der Waals surface area contributed by atoms with Gasteiger partial charge in [0.2, 0.25) is 11.8 Å². The molecule has 0 saturated heterocycles. The van der Waals surface area contributed by atoms with Gasteiger partial charge < -0.3 is 15.1 Å². The summed E-state index contributed by atoms with van der Waals surface area (Å²) in [4.78, 5) is 45.5. The summed E-state index contributed by atoms with van der Waals surface area (Å²) in [5.74, 6) is -1.08. The lowest BCUT2D eigenvalue weighted by Crippen LogP contribution is -2.49. The van der Waals surface area contributed by atoms with Crippen LogP contribution < -0.4 is 15.5 Å². The van der Waals surface area contributed by atoms with Gasteiger partial charge in [0.1, 0.15) is 6.04 Å². The second-order valence-electron chi connectivity index (χ2n) is 8.98. The van der Waals surface area contributed by atoms with Crippen LogP contribution in [0.25, 0.3) is 0 Å². The average Bonchev–Trinajstić information content (AvgIpc) is 3.46. The molecule has 8 heteroatoms. The van der Waals surface area contributed by atoms with Crippen molar-refractivity contribution < 1.29 is 18.8 Å². The Morgan fingerprint density at radius 2 is 1.83 bits per heavy atom. The number of hydrogen-bond donors (Lipinski definition) is 2. The Labute approximate surface area is 211 Å². The number of rotatable bonds is 9. The Morgan fingerprint density at radius 1 is 1.06 bits per heavy atom. The molecule has 188 valence electrons. The Kier molecular flexibility index (Phi) is 8.49. The van der Waals surface area contributed by atoms with Crippen molar-refractivity contribution in [2.75, 3.05) is 11.4 Å². The van der Waals surface area contributed by atoms with Gasteiger partial charge in [-0.1, -0.05) is 44.4 Å². The summed E-state index contributed by atoms with van der Waals surface area (Å²) in [6, 6.07) is 13.4.